The van der Waals surface area contributed by atoms with Crippen molar-refractivity contribution in [3.8, 4) is 5.69 Å². The van der Waals surface area contributed by atoms with Gasteiger partial charge in [0.15, 0.2) is 0 Å². The minimum absolute atomic E-state index is 0.179. The average Bonchev–Trinajstić information content (AvgIpc) is 2.83. The Kier molecular flexibility index (Phi) is 7.15. The van der Waals surface area contributed by atoms with Crippen LogP contribution in [0.25, 0.3) is 16.6 Å². The number of rotatable bonds is 5. The van der Waals surface area contributed by atoms with E-state index in [1.165, 1.54) is 0 Å². The largest absolute Gasteiger partial charge is 0.322 e. The number of anilines is 1. The number of urea groups is 1. The van der Waals surface area contributed by atoms with Gasteiger partial charge in [-0.3, -0.25) is 9.36 Å². The normalized spacial score (nSPS) is 11.9. The van der Waals surface area contributed by atoms with Crippen LogP contribution in [0, 0.1) is 13.8 Å². The maximum atomic E-state index is 13.7. The van der Waals surface area contributed by atoms with Gasteiger partial charge < -0.3 is 10.2 Å². The second-order valence-corrected chi connectivity index (χ2v) is 9.23. The van der Waals surface area contributed by atoms with Crippen LogP contribution in [0.3, 0.4) is 0 Å². The highest BCUT2D eigenvalue weighted by molar-refractivity contribution is 6.42. The van der Waals surface area contributed by atoms with Crippen LogP contribution in [0.15, 0.2) is 65.5 Å². The Bertz CT molecular complexity index is 1480. The van der Waals surface area contributed by atoms with Gasteiger partial charge in [0.2, 0.25) is 0 Å². The first kappa shape index (κ1) is 24.8. The van der Waals surface area contributed by atoms with Crippen molar-refractivity contribution in [2.45, 2.75) is 33.7 Å². The lowest BCUT2D eigenvalue weighted by molar-refractivity contribution is 0.193. The van der Waals surface area contributed by atoms with Crippen molar-refractivity contribution in [3.05, 3.63) is 98.0 Å². The lowest BCUT2D eigenvalue weighted by Crippen LogP contribution is -2.39. The summed E-state index contributed by atoms with van der Waals surface area (Å²) in [6, 6.07) is 17.2. The maximum absolute atomic E-state index is 13.7. The van der Waals surface area contributed by atoms with Crippen LogP contribution in [0.5, 0.6) is 0 Å². The van der Waals surface area contributed by atoms with Crippen molar-refractivity contribution >= 4 is 45.8 Å². The van der Waals surface area contributed by atoms with Crippen LogP contribution >= 0.6 is 23.2 Å². The fourth-order valence-corrected chi connectivity index (χ4v) is 4.34. The van der Waals surface area contributed by atoms with Gasteiger partial charge in [0, 0.05) is 12.2 Å². The Balaban J connectivity index is 1.81. The Morgan fingerprint density at radius 2 is 1.77 bits per heavy atom. The quantitative estimate of drug-likeness (QED) is 0.318. The van der Waals surface area contributed by atoms with Gasteiger partial charge in [0.25, 0.3) is 5.56 Å². The van der Waals surface area contributed by atoms with Crippen LogP contribution in [-0.4, -0.2) is 27.0 Å². The summed E-state index contributed by atoms with van der Waals surface area (Å²) in [7, 11) is 0. The molecule has 0 aliphatic rings. The van der Waals surface area contributed by atoms with E-state index in [9.17, 15) is 9.59 Å². The molecule has 35 heavy (non-hydrogen) atoms. The third-order valence-electron chi connectivity index (χ3n) is 6.16. The first-order valence-corrected chi connectivity index (χ1v) is 12.1. The molecule has 0 aliphatic carbocycles. The number of aryl methyl sites for hydroxylation is 2. The number of amides is 2. The van der Waals surface area contributed by atoms with Crippen LogP contribution < -0.4 is 10.9 Å². The van der Waals surface area contributed by atoms with Gasteiger partial charge in [0.05, 0.1) is 32.7 Å². The average molecular weight is 509 g/mol. The number of carbonyl (C=O) groups excluding carboxylic acids is 1. The van der Waals surface area contributed by atoms with Gasteiger partial charge in [0.1, 0.15) is 5.82 Å². The Morgan fingerprint density at radius 3 is 2.46 bits per heavy atom. The van der Waals surface area contributed by atoms with Crippen molar-refractivity contribution in [3.63, 3.8) is 0 Å². The van der Waals surface area contributed by atoms with Gasteiger partial charge in [-0.05, 0) is 81.3 Å². The molecule has 6 nitrogen and oxygen atoms in total. The van der Waals surface area contributed by atoms with E-state index in [-0.39, 0.29) is 11.6 Å². The third-order valence-corrected chi connectivity index (χ3v) is 6.90. The topological polar surface area (TPSA) is 67.2 Å². The van der Waals surface area contributed by atoms with Crippen LogP contribution in [-0.2, 0) is 0 Å². The molecule has 0 radical (unpaired) electrons. The Hall–Kier alpha value is -3.35. The van der Waals surface area contributed by atoms with Crippen LogP contribution in [0.4, 0.5) is 10.5 Å². The van der Waals surface area contributed by atoms with E-state index < -0.39 is 6.04 Å². The molecule has 8 heteroatoms. The summed E-state index contributed by atoms with van der Waals surface area (Å²) in [5, 5.41) is 4.14. The van der Waals surface area contributed by atoms with Gasteiger partial charge in [-0.25, -0.2) is 9.78 Å². The van der Waals surface area contributed by atoms with E-state index in [1.807, 2.05) is 64.1 Å². The highest BCUT2D eigenvalue weighted by Crippen LogP contribution is 2.27. The molecular weight excluding hydrogens is 483 g/mol. The summed E-state index contributed by atoms with van der Waals surface area (Å²) in [5.74, 6) is 0.475. The molecule has 0 saturated heterocycles. The number of hydrogen-bond acceptors (Lipinski definition) is 3. The van der Waals surface area contributed by atoms with Crippen LogP contribution in [0.1, 0.15) is 36.8 Å². The zero-order valence-corrected chi connectivity index (χ0v) is 21.5. The summed E-state index contributed by atoms with van der Waals surface area (Å²) >= 11 is 12.1. The first-order chi connectivity index (χ1) is 16.7. The van der Waals surface area contributed by atoms with Crippen molar-refractivity contribution in [1.29, 1.82) is 0 Å². The van der Waals surface area contributed by atoms with Gasteiger partial charge in [-0.2, -0.15) is 0 Å². The predicted molar refractivity (Wildman–Crippen MR) is 143 cm³/mol. The summed E-state index contributed by atoms with van der Waals surface area (Å²) in [6.07, 6.45) is 0. The standard InChI is InChI=1S/C27H26Cl2N4O2/c1-5-32(27(35)30-19-11-13-22(28)23(29)15-19)18(4)25-31-24-9-7-6-8-21(24)26(34)33(25)20-12-10-16(2)17(3)14-20/h6-15,18H,5H2,1-4H3,(H,30,35)/t18-/m1/s1. The Labute approximate surface area is 214 Å². The first-order valence-electron chi connectivity index (χ1n) is 11.3. The molecule has 4 aromatic rings. The van der Waals surface area contributed by atoms with Crippen molar-refractivity contribution < 1.29 is 4.79 Å². The summed E-state index contributed by atoms with van der Waals surface area (Å²) in [5.41, 5.74) is 3.82. The van der Waals surface area contributed by atoms with E-state index in [1.54, 1.807) is 33.7 Å². The molecule has 0 unspecified atom stereocenters. The predicted octanol–water partition coefficient (Wildman–Crippen LogP) is 6.92. The number of benzene rings is 3. The molecule has 0 fully saturated rings. The molecule has 0 spiro atoms. The van der Waals surface area contributed by atoms with E-state index in [2.05, 4.69) is 5.32 Å². The van der Waals surface area contributed by atoms with Crippen molar-refractivity contribution in [2.24, 2.45) is 0 Å². The monoisotopic (exact) mass is 508 g/mol. The van der Waals surface area contributed by atoms with E-state index in [0.717, 1.165) is 11.1 Å². The smallest absolute Gasteiger partial charge is 0.315 e. The number of nitrogens with one attached hydrogen (secondary N) is 1. The fraction of sp³-hybridized carbons (Fsp3) is 0.222. The minimum atomic E-state index is -0.512. The molecule has 1 aromatic heterocycles. The number of nitrogens with zero attached hydrogens (tertiary/aromatic N) is 3. The zero-order chi connectivity index (χ0) is 25.3. The highest BCUT2D eigenvalue weighted by Gasteiger charge is 2.26. The number of fused-ring (bicyclic) bond motifs is 1. The second kappa shape index (κ2) is 10.1. The van der Waals surface area contributed by atoms with E-state index >= 15 is 0 Å². The number of carbonyl (C=O) groups is 1. The number of para-hydroxylation sites is 1. The molecule has 0 saturated carbocycles. The van der Waals surface area contributed by atoms with E-state index in [0.29, 0.717) is 44.7 Å². The highest BCUT2D eigenvalue weighted by atomic mass is 35.5. The van der Waals surface area contributed by atoms with Gasteiger partial charge in [-0.1, -0.05) is 41.4 Å². The second-order valence-electron chi connectivity index (χ2n) is 8.42. The molecule has 180 valence electrons. The van der Waals surface area contributed by atoms with Crippen LogP contribution in [0.2, 0.25) is 10.0 Å². The molecule has 4 rings (SSSR count). The molecule has 1 N–H and O–H groups in total. The number of halogens is 2. The van der Waals surface area contributed by atoms with Gasteiger partial charge >= 0.3 is 6.03 Å². The number of hydrogen-bond donors (Lipinski definition) is 1. The van der Waals surface area contributed by atoms with E-state index in [4.69, 9.17) is 28.2 Å². The molecule has 3 aromatic carbocycles. The summed E-state index contributed by atoms with van der Waals surface area (Å²) in [6.45, 7) is 8.17. The minimum Gasteiger partial charge on any atom is -0.315 e. The fourth-order valence-electron chi connectivity index (χ4n) is 4.05. The van der Waals surface area contributed by atoms with Gasteiger partial charge in [-0.15, -0.1) is 0 Å². The molecule has 0 bridgehead atoms. The Morgan fingerprint density at radius 1 is 1.03 bits per heavy atom. The molecule has 0 aliphatic heterocycles. The summed E-state index contributed by atoms with van der Waals surface area (Å²) < 4.78 is 1.61. The zero-order valence-electron chi connectivity index (χ0n) is 20.0. The molecule has 2 amide bonds. The molecule has 1 atom stereocenters. The molecular formula is C27H26Cl2N4O2. The van der Waals surface area contributed by atoms with Crippen molar-refractivity contribution in [1.82, 2.24) is 14.5 Å². The lowest BCUT2D eigenvalue weighted by Gasteiger charge is -2.29. The lowest BCUT2D eigenvalue weighted by atomic mass is 10.1. The third kappa shape index (κ3) is 4.90. The maximum Gasteiger partial charge on any atom is 0.322 e. The SMILES string of the molecule is CCN(C(=O)Nc1ccc(Cl)c(Cl)c1)[C@H](C)c1nc2ccccc2c(=O)n1-c1ccc(C)c(C)c1. The number of aromatic nitrogens is 2. The molecule has 1 heterocycles. The summed E-state index contributed by atoms with van der Waals surface area (Å²) in [4.78, 5) is 33.4. The van der Waals surface area contributed by atoms with Crippen molar-refractivity contribution in [2.75, 3.05) is 11.9 Å².